The largest absolute Gasteiger partial charge is 0.493 e. The summed E-state index contributed by atoms with van der Waals surface area (Å²) in [5, 5.41) is 12.0. The summed E-state index contributed by atoms with van der Waals surface area (Å²) in [7, 11) is 1.54. The number of hydrogen-bond acceptors (Lipinski definition) is 5. The number of rotatable bonds is 10. The van der Waals surface area contributed by atoms with Crippen molar-refractivity contribution in [2.24, 2.45) is 5.92 Å². The molecule has 0 aromatic heterocycles. The van der Waals surface area contributed by atoms with Crippen LogP contribution in [0.15, 0.2) is 66.7 Å². The molecule has 1 aliphatic heterocycles. The summed E-state index contributed by atoms with van der Waals surface area (Å²) < 4.78 is 38.4. The number of ether oxygens (including phenoxy) is 2. The van der Waals surface area contributed by atoms with Gasteiger partial charge < -0.3 is 19.5 Å². The zero-order valence-electron chi connectivity index (χ0n) is 21.0. The molecule has 0 saturated carbocycles. The summed E-state index contributed by atoms with van der Waals surface area (Å²) >= 11 is 0. The smallest absolute Gasteiger partial charge is 0.161 e. The fraction of sp³-hybridized carbons (Fsp3) is 0.345. The van der Waals surface area contributed by atoms with Gasteiger partial charge in [0.2, 0.25) is 0 Å². The van der Waals surface area contributed by atoms with Gasteiger partial charge in [0.25, 0.3) is 0 Å². The molecule has 3 aromatic rings. The Bertz CT molecular complexity index is 1140. The third-order valence-electron chi connectivity index (χ3n) is 6.88. The minimum Gasteiger partial charge on any atom is -0.493 e. The molecule has 1 N–H and O–H groups in total. The van der Waals surface area contributed by atoms with Crippen molar-refractivity contribution < 1.29 is 28.2 Å². The molecule has 1 atom stereocenters. The SMILES string of the molecule is COc1cc(C(C)=O)ccc1OCCCN1CCC(C(O)(c2ccc(F)cc2)c2ccc(F)cc2)C1.Cl. The van der Waals surface area contributed by atoms with Crippen molar-refractivity contribution in [3.8, 4) is 11.5 Å². The normalized spacial score (nSPS) is 15.8. The molecule has 1 aliphatic rings. The first-order valence-corrected chi connectivity index (χ1v) is 12.1. The lowest BCUT2D eigenvalue weighted by Gasteiger charge is -2.35. The van der Waals surface area contributed by atoms with Crippen LogP contribution < -0.4 is 9.47 Å². The van der Waals surface area contributed by atoms with E-state index in [9.17, 15) is 18.7 Å². The van der Waals surface area contributed by atoms with E-state index in [2.05, 4.69) is 4.90 Å². The number of Topliss-reactive ketones (excluding diaryl/α,β-unsaturated/α-hetero) is 1. The standard InChI is InChI=1S/C29H31F2NO4.ClH/c1-20(33)21-4-13-27(28(18-21)35-2)36-17-3-15-32-16-14-24(19-32)29(34,22-5-9-25(30)10-6-22)23-7-11-26(31)12-8-23;/h4-13,18,24,34H,3,14-17,19H2,1-2H3;1H. The Morgan fingerprint density at radius 2 is 1.59 bits per heavy atom. The molecular formula is C29H32ClF2NO4. The van der Waals surface area contributed by atoms with E-state index >= 15 is 0 Å². The van der Waals surface area contributed by atoms with Crippen LogP contribution in [0.25, 0.3) is 0 Å². The van der Waals surface area contributed by atoms with Gasteiger partial charge in [-0.05, 0) is 79.9 Å². The van der Waals surface area contributed by atoms with Crippen molar-refractivity contribution in [2.75, 3.05) is 33.4 Å². The lowest BCUT2D eigenvalue weighted by molar-refractivity contribution is 0.0196. The van der Waals surface area contributed by atoms with Gasteiger partial charge in [0.1, 0.15) is 17.2 Å². The Morgan fingerprint density at radius 3 is 2.14 bits per heavy atom. The van der Waals surface area contributed by atoms with Gasteiger partial charge in [-0.3, -0.25) is 4.79 Å². The highest BCUT2D eigenvalue weighted by atomic mass is 35.5. The lowest BCUT2D eigenvalue weighted by atomic mass is 9.75. The van der Waals surface area contributed by atoms with Crippen LogP contribution in [0.4, 0.5) is 8.78 Å². The highest BCUT2D eigenvalue weighted by Gasteiger charge is 2.43. The molecule has 1 fully saturated rings. The van der Waals surface area contributed by atoms with Crippen LogP contribution >= 0.6 is 12.4 Å². The number of carbonyl (C=O) groups is 1. The second-order valence-corrected chi connectivity index (χ2v) is 9.19. The number of carbonyl (C=O) groups excluding carboxylic acids is 1. The van der Waals surface area contributed by atoms with Gasteiger partial charge in [0.15, 0.2) is 17.3 Å². The van der Waals surface area contributed by atoms with Crippen molar-refractivity contribution in [3.63, 3.8) is 0 Å². The topological polar surface area (TPSA) is 59.0 Å². The van der Waals surface area contributed by atoms with E-state index < -0.39 is 5.60 Å². The zero-order chi connectivity index (χ0) is 25.7. The van der Waals surface area contributed by atoms with E-state index in [1.165, 1.54) is 31.2 Å². The van der Waals surface area contributed by atoms with Crippen LogP contribution in [0, 0.1) is 17.6 Å². The Balaban J connectivity index is 0.00000380. The summed E-state index contributed by atoms with van der Waals surface area (Å²) in [5.74, 6) is 0.177. The highest BCUT2D eigenvalue weighted by molar-refractivity contribution is 5.94. The molecule has 1 heterocycles. The molecule has 3 aromatic carbocycles. The molecular weight excluding hydrogens is 500 g/mol. The second-order valence-electron chi connectivity index (χ2n) is 9.19. The van der Waals surface area contributed by atoms with Crippen LogP contribution in [0.1, 0.15) is 41.3 Å². The van der Waals surface area contributed by atoms with Crippen LogP contribution in [0.5, 0.6) is 11.5 Å². The Morgan fingerprint density at radius 1 is 1.00 bits per heavy atom. The van der Waals surface area contributed by atoms with E-state index in [1.54, 1.807) is 49.6 Å². The summed E-state index contributed by atoms with van der Waals surface area (Å²) in [4.78, 5) is 13.9. The van der Waals surface area contributed by atoms with E-state index in [1.807, 2.05) is 0 Å². The Kier molecular flexibility index (Phi) is 9.65. The van der Waals surface area contributed by atoms with Crippen molar-refractivity contribution >= 4 is 18.2 Å². The summed E-state index contributed by atoms with van der Waals surface area (Å²) in [6.45, 7) is 4.18. The number of benzene rings is 3. The van der Waals surface area contributed by atoms with Crippen LogP contribution in [-0.2, 0) is 5.60 Å². The number of likely N-dealkylation sites (tertiary alicyclic amines) is 1. The molecule has 1 saturated heterocycles. The van der Waals surface area contributed by atoms with Gasteiger partial charge in [-0.2, -0.15) is 0 Å². The highest BCUT2D eigenvalue weighted by Crippen LogP contribution is 2.41. The molecule has 0 spiro atoms. The first-order chi connectivity index (χ1) is 17.3. The van der Waals surface area contributed by atoms with Crippen molar-refractivity contribution in [1.29, 1.82) is 0 Å². The molecule has 5 nitrogen and oxygen atoms in total. The molecule has 0 amide bonds. The molecule has 0 aliphatic carbocycles. The van der Waals surface area contributed by atoms with Crippen LogP contribution in [-0.4, -0.2) is 49.1 Å². The molecule has 1 unspecified atom stereocenters. The van der Waals surface area contributed by atoms with Crippen LogP contribution in [0.2, 0.25) is 0 Å². The predicted octanol–water partition coefficient (Wildman–Crippen LogP) is 5.62. The maximum absolute atomic E-state index is 13.6. The summed E-state index contributed by atoms with van der Waals surface area (Å²) in [6.07, 6.45) is 1.50. The molecule has 4 rings (SSSR count). The third-order valence-corrected chi connectivity index (χ3v) is 6.88. The van der Waals surface area contributed by atoms with Gasteiger partial charge in [-0.1, -0.05) is 24.3 Å². The molecule has 37 heavy (non-hydrogen) atoms. The lowest BCUT2D eigenvalue weighted by Crippen LogP contribution is -2.38. The first-order valence-electron chi connectivity index (χ1n) is 12.1. The van der Waals surface area contributed by atoms with E-state index in [0.717, 1.165) is 25.9 Å². The van der Waals surface area contributed by atoms with Gasteiger partial charge >= 0.3 is 0 Å². The first kappa shape index (κ1) is 28.6. The zero-order valence-corrected chi connectivity index (χ0v) is 21.8. The van der Waals surface area contributed by atoms with Crippen LogP contribution in [0.3, 0.4) is 0 Å². The number of aliphatic hydroxyl groups is 1. The van der Waals surface area contributed by atoms with Gasteiger partial charge in [-0.15, -0.1) is 12.4 Å². The Labute approximate surface area is 222 Å². The summed E-state index contributed by atoms with van der Waals surface area (Å²) in [6, 6.07) is 16.9. The van der Waals surface area contributed by atoms with E-state index in [4.69, 9.17) is 9.47 Å². The minimum absolute atomic E-state index is 0. The van der Waals surface area contributed by atoms with Gasteiger partial charge in [0, 0.05) is 24.6 Å². The maximum atomic E-state index is 13.6. The van der Waals surface area contributed by atoms with Crippen molar-refractivity contribution in [1.82, 2.24) is 4.90 Å². The van der Waals surface area contributed by atoms with Crippen molar-refractivity contribution in [3.05, 3.63) is 95.1 Å². The molecule has 198 valence electrons. The fourth-order valence-electron chi connectivity index (χ4n) is 4.90. The number of nitrogens with zero attached hydrogens (tertiary/aromatic N) is 1. The average Bonchev–Trinajstić information content (AvgIpc) is 3.36. The average molecular weight is 532 g/mol. The molecule has 8 heteroatoms. The Hall–Kier alpha value is -3.00. The molecule has 0 bridgehead atoms. The number of hydrogen-bond donors (Lipinski definition) is 1. The minimum atomic E-state index is -1.36. The monoisotopic (exact) mass is 531 g/mol. The molecule has 0 radical (unpaired) electrons. The quantitative estimate of drug-likeness (QED) is 0.272. The predicted molar refractivity (Wildman–Crippen MR) is 141 cm³/mol. The van der Waals surface area contributed by atoms with E-state index in [0.29, 0.717) is 41.3 Å². The van der Waals surface area contributed by atoms with E-state index in [-0.39, 0.29) is 35.7 Å². The second kappa shape index (κ2) is 12.5. The number of ketones is 1. The third kappa shape index (κ3) is 6.47. The number of methoxy groups -OCH3 is 1. The van der Waals surface area contributed by atoms with Gasteiger partial charge in [-0.25, -0.2) is 8.78 Å². The summed E-state index contributed by atoms with van der Waals surface area (Å²) in [5.41, 5.74) is 0.383. The number of halogens is 3. The maximum Gasteiger partial charge on any atom is 0.161 e. The fourth-order valence-corrected chi connectivity index (χ4v) is 4.90. The van der Waals surface area contributed by atoms with Crippen molar-refractivity contribution in [2.45, 2.75) is 25.4 Å². The van der Waals surface area contributed by atoms with Gasteiger partial charge in [0.05, 0.1) is 13.7 Å².